The predicted octanol–water partition coefficient (Wildman–Crippen LogP) is 4.43. The normalized spacial score (nSPS) is 11.2. The number of halogens is 1. The number of aryl methyl sites for hydroxylation is 1. The van der Waals surface area contributed by atoms with Crippen molar-refractivity contribution in [1.82, 2.24) is 9.88 Å². The molecule has 0 aliphatic rings. The van der Waals surface area contributed by atoms with Crippen LogP contribution in [0.5, 0.6) is 11.5 Å². The Kier molecular flexibility index (Phi) is 9.27. The van der Waals surface area contributed by atoms with Crippen molar-refractivity contribution < 1.29 is 22.7 Å². The fourth-order valence-electron chi connectivity index (χ4n) is 3.64. The molecule has 0 N–H and O–H groups in total. The van der Waals surface area contributed by atoms with Gasteiger partial charge in [0, 0.05) is 43.5 Å². The minimum absolute atomic E-state index is 0.0644. The van der Waals surface area contributed by atoms with Crippen LogP contribution in [0.1, 0.15) is 16.8 Å². The standard InChI is InChI=1S/C25H31ClN4O5S2/c1-7-29(15-19-14-27-17(2)36-19)25(31)16-30(22-12-18(28(3)4)8-10-21(22)26)37(32,33)20-9-11-23(34-5)24(13-20)35-6/h8-14H,7,15-16H2,1-6H3. The highest BCUT2D eigenvalue weighted by molar-refractivity contribution is 7.92. The topological polar surface area (TPSA) is 92.3 Å². The molecule has 1 aromatic heterocycles. The van der Waals surface area contributed by atoms with Gasteiger partial charge in [-0.1, -0.05) is 11.6 Å². The van der Waals surface area contributed by atoms with Gasteiger partial charge in [0.05, 0.1) is 41.4 Å². The number of anilines is 2. The van der Waals surface area contributed by atoms with E-state index < -0.39 is 16.6 Å². The minimum atomic E-state index is -4.24. The number of amides is 1. The van der Waals surface area contributed by atoms with E-state index in [9.17, 15) is 13.2 Å². The summed E-state index contributed by atoms with van der Waals surface area (Å²) in [5, 5.41) is 1.09. The lowest BCUT2D eigenvalue weighted by Crippen LogP contribution is -2.43. The van der Waals surface area contributed by atoms with Crippen LogP contribution in [0.25, 0.3) is 0 Å². The second-order valence-electron chi connectivity index (χ2n) is 8.31. The molecule has 3 rings (SSSR count). The number of sulfonamides is 1. The maximum absolute atomic E-state index is 14.0. The number of likely N-dealkylation sites (N-methyl/N-ethyl adjacent to an activating group) is 1. The summed E-state index contributed by atoms with van der Waals surface area (Å²) in [5.41, 5.74) is 0.924. The maximum atomic E-state index is 14.0. The molecule has 1 amide bonds. The zero-order valence-corrected chi connectivity index (χ0v) is 24.1. The summed E-state index contributed by atoms with van der Waals surface area (Å²) in [7, 11) is 2.31. The zero-order valence-electron chi connectivity index (χ0n) is 21.7. The smallest absolute Gasteiger partial charge is 0.264 e. The van der Waals surface area contributed by atoms with E-state index in [-0.39, 0.29) is 27.3 Å². The van der Waals surface area contributed by atoms with Gasteiger partial charge >= 0.3 is 0 Å². The number of hydrogen-bond donors (Lipinski definition) is 0. The third-order valence-corrected chi connectivity index (χ3v) is 8.66. The number of ether oxygens (including phenoxy) is 2. The Morgan fingerprint density at radius 1 is 1.08 bits per heavy atom. The first-order valence-corrected chi connectivity index (χ1v) is 14.1. The molecule has 0 aliphatic carbocycles. The molecule has 0 spiro atoms. The Balaban J connectivity index is 2.09. The van der Waals surface area contributed by atoms with Gasteiger partial charge in [0.15, 0.2) is 11.5 Å². The first kappa shape index (κ1) is 28.5. The van der Waals surface area contributed by atoms with Crippen LogP contribution >= 0.6 is 22.9 Å². The number of nitrogens with zero attached hydrogens (tertiary/aromatic N) is 4. The quantitative estimate of drug-likeness (QED) is 0.339. The number of carbonyl (C=O) groups is 1. The van der Waals surface area contributed by atoms with Crippen LogP contribution < -0.4 is 18.7 Å². The average Bonchev–Trinajstić information content (AvgIpc) is 3.29. The van der Waals surface area contributed by atoms with Crippen molar-refractivity contribution in [2.75, 3.05) is 50.6 Å². The van der Waals surface area contributed by atoms with Crippen molar-refractivity contribution in [2.45, 2.75) is 25.3 Å². The third kappa shape index (κ3) is 6.46. The molecule has 1 heterocycles. The van der Waals surface area contributed by atoms with Crippen LogP contribution in [0.4, 0.5) is 11.4 Å². The molecule has 37 heavy (non-hydrogen) atoms. The van der Waals surface area contributed by atoms with E-state index in [1.807, 2.05) is 32.8 Å². The number of methoxy groups -OCH3 is 2. The van der Waals surface area contributed by atoms with Gasteiger partial charge in [0.25, 0.3) is 10.0 Å². The Morgan fingerprint density at radius 3 is 2.35 bits per heavy atom. The summed E-state index contributed by atoms with van der Waals surface area (Å²) < 4.78 is 39.7. The van der Waals surface area contributed by atoms with E-state index in [0.29, 0.717) is 18.8 Å². The molecule has 200 valence electrons. The van der Waals surface area contributed by atoms with Gasteiger partial charge in [-0.15, -0.1) is 11.3 Å². The van der Waals surface area contributed by atoms with Gasteiger partial charge in [-0.3, -0.25) is 9.10 Å². The van der Waals surface area contributed by atoms with Crippen molar-refractivity contribution in [1.29, 1.82) is 0 Å². The molecule has 0 saturated heterocycles. The summed E-state index contributed by atoms with van der Waals surface area (Å²) in [6.07, 6.45) is 1.73. The Morgan fingerprint density at radius 2 is 1.78 bits per heavy atom. The summed E-state index contributed by atoms with van der Waals surface area (Å²) >= 11 is 8.02. The monoisotopic (exact) mass is 566 g/mol. The van der Waals surface area contributed by atoms with Gasteiger partial charge in [-0.05, 0) is 44.2 Å². The highest BCUT2D eigenvalue weighted by Gasteiger charge is 2.31. The lowest BCUT2D eigenvalue weighted by atomic mass is 10.2. The van der Waals surface area contributed by atoms with Crippen molar-refractivity contribution >= 4 is 50.2 Å². The predicted molar refractivity (Wildman–Crippen MR) is 148 cm³/mol. The summed E-state index contributed by atoms with van der Waals surface area (Å²) in [5.74, 6) is 0.261. The molecule has 0 radical (unpaired) electrons. The zero-order chi connectivity index (χ0) is 27.3. The Labute approximate surface area is 227 Å². The summed E-state index contributed by atoms with van der Waals surface area (Å²) in [6.45, 7) is 4.02. The summed E-state index contributed by atoms with van der Waals surface area (Å²) in [4.78, 5) is 22.0. The molecule has 9 nitrogen and oxygen atoms in total. The van der Waals surface area contributed by atoms with E-state index in [2.05, 4.69) is 4.98 Å². The van der Waals surface area contributed by atoms with Crippen molar-refractivity contribution in [3.05, 3.63) is 57.5 Å². The molecular weight excluding hydrogens is 536 g/mol. The average molecular weight is 567 g/mol. The number of thiazole rings is 1. The molecule has 2 aromatic carbocycles. The van der Waals surface area contributed by atoms with Gasteiger partial charge in [-0.25, -0.2) is 13.4 Å². The second-order valence-corrected chi connectivity index (χ2v) is 11.9. The van der Waals surface area contributed by atoms with Crippen LogP contribution in [-0.4, -0.2) is 65.6 Å². The molecule has 0 aliphatic heterocycles. The maximum Gasteiger partial charge on any atom is 0.264 e. The number of benzene rings is 2. The highest BCUT2D eigenvalue weighted by Crippen LogP contribution is 2.36. The number of hydrogen-bond acceptors (Lipinski definition) is 8. The van der Waals surface area contributed by atoms with Crippen molar-refractivity contribution in [3.8, 4) is 11.5 Å². The summed E-state index contributed by atoms with van der Waals surface area (Å²) in [6, 6.07) is 9.33. The van der Waals surface area contributed by atoms with Gasteiger partial charge in [0.2, 0.25) is 5.91 Å². The van der Waals surface area contributed by atoms with E-state index in [1.165, 1.54) is 43.8 Å². The van der Waals surface area contributed by atoms with E-state index in [0.717, 1.165) is 19.9 Å². The number of rotatable bonds is 11. The van der Waals surface area contributed by atoms with Gasteiger partial charge in [-0.2, -0.15) is 0 Å². The van der Waals surface area contributed by atoms with Crippen molar-refractivity contribution in [2.24, 2.45) is 0 Å². The first-order chi connectivity index (χ1) is 17.5. The van der Waals surface area contributed by atoms with Gasteiger partial charge in [0.1, 0.15) is 6.54 Å². The Bertz CT molecular complexity index is 1360. The van der Waals surface area contributed by atoms with Gasteiger partial charge < -0.3 is 19.3 Å². The molecular formula is C25H31ClN4O5S2. The molecule has 0 fully saturated rings. The number of carbonyl (C=O) groups excluding carboxylic acids is 1. The lowest BCUT2D eigenvalue weighted by Gasteiger charge is -2.29. The molecule has 0 bridgehead atoms. The SMILES string of the molecule is CCN(Cc1cnc(C)s1)C(=O)CN(c1cc(N(C)C)ccc1Cl)S(=O)(=O)c1ccc(OC)c(OC)c1. The van der Waals surface area contributed by atoms with Crippen LogP contribution in [0, 0.1) is 6.92 Å². The first-order valence-electron chi connectivity index (χ1n) is 11.4. The molecule has 0 saturated carbocycles. The molecule has 0 unspecified atom stereocenters. The van der Waals surface area contributed by atoms with E-state index >= 15 is 0 Å². The highest BCUT2D eigenvalue weighted by atomic mass is 35.5. The van der Waals surface area contributed by atoms with E-state index in [1.54, 1.807) is 29.3 Å². The minimum Gasteiger partial charge on any atom is -0.493 e. The van der Waals surface area contributed by atoms with Crippen LogP contribution in [0.15, 0.2) is 47.5 Å². The van der Waals surface area contributed by atoms with Crippen LogP contribution in [0.2, 0.25) is 5.02 Å². The second kappa shape index (κ2) is 12.0. The van der Waals surface area contributed by atoms with Crippen LogP contribution in [0.3, 0.4) is 0 Å². The molecule has 12 heteroatoms. The lowest BCUT2D eigenvalue weighted by molar-refractivity contribution is -0.129. The fourth-order valence-corrected chi connectivity index (χ4v) is 6.16. The Hall–Kier alpha value is -3.02. The third-order valence-electron chi connectivity index (χ3n) is 5.69. The molecule has 3 aromatic rings. The van der Waals surface area contributed by atoms with Crippen LogP contribution in [-0.2, 0) is 21.4 Å². The fraction of sp³-hybridized carbons (Fsp3) is 0.360. The molecule has 0 atom stereocenters. The number of aromatic nitrogens is 1. The largest absolute Gasteiger partial charge is 0.493 e. The van der Waals surface area contributed by atoms with Crippen molar-refractivity contribution in [3.63, 3.8) is 0 Å². The van der Waals surface area contributed by atoms with E-state index in [4.69, 9.17) is 21.1 Å².